The highest BCUT2D eigenvalue weighted by atomic mass is 16.6. The Bertz CT molecular complexity index is 649. The monoisotopic (exact) mass is 275 g/mol. The zero-order chi connectivity index (χ0) is 14.5. The van der Waals surface area contributed by atoms with Gasteiger partial charge >= 0.3 is 5.69 Å². The Morgan fingerprint density at radius 1 is 1.50 bits per heavy atom. The Labute approximate surface area is 115 Å². The van der Waals surface area contributed by atoms with E-state index in [0.717, 1.165) is 5.69 Å². The van der Waals surface area contributed by atoms with Crippen molar-refractivity contribution in [3.05, 3.63) is 52.0 Å². The molecule has 20 heavy (non-hydrogen) atoms. The van der Waals surface area contributed by atoms with E-state index in [2.05, 4.69) is 10.5 Å². The maximum Gasteiger partial charge on any atom is 0.338 e. The van der Waals surface area contributed by atoms with Gasteiger partial charge in [-0.15, -0.1) is 0 Å². The van der Waals surface area contributed by atoms with Gasteiger partial charge in [0.25, 0.3) is 0 Å². The zero-order valence-corrected chi connectivity index (χ0v) is 11.0. The second-order valence-corrected chi connectivity index (χ2v) is 3.95. The van der Waals surface area contributed by atoms with Crippen LogP contribution >= 0.6 is 0 Å². The molecule has 0 atom stereocenters. The normalized spacial score (nSPS) is 10.7. The molecule has 1 N–H and O–H groups in total. The minimum atomic E-state index is -0.517. The largest absolute Gasteiger partial charge is 0.497 e. The first-order valence-corrected chi connectivity index (χ1v) is 5.79. The van der Waals surface area contributed by atoms with E-state index in [1.54, 1.807) is 19.4 Å². The highest BCUT2D eigenvalue weighted by molar-refractivity contribution is 5.60. The topological polar surface area (TPSA) is 90.4 Å². The number of aromatic nitrogens is 1. The summed E-state index contributed by atoms with van der Waals surface area (Å²) in [6, 6.07) is 7.28. The van der Waals surface area contributed by atoms with Crippen LogP contribution in [-0.4, -0.2) is 17.2 Å². The minimum absolute atomic E-state index is 0.0999. The lowest BCUT2D eigenvalue weighted by atomic mass is 10.3. The van der Waals surface area contributed by atoms with Gasteiger partial charge in [0.1, 0.15) is 5.75 Å². The SMILES string of the molecule is COc1cccc(N/C=C/c2onc(C)c2[N+](=O)[O-])c1. The number of benzene rings is 1. The van der Waals surface area contributed by atoms with Gasteiger partial charge in [-0.3, -0.25) is 10.1 Å². The number of ether oxygens (including phenoxy) is 1. The molecule has 0 bridgehead atoms. The van der Waals surface area contributed by atoms with Gasteiger partial charge in [0.2, 0.25) is 5.76 Å². The average Bonchev–Trinajstić information content (AvgIpc) is 2.80. The van der Waals surface area contributed by atoms with Crippen molar-refractivity contribution in [2.45, 2.75) is 6.92 Å². The lowest BCUT2D eigenvalue weighted by Gasteiger charge is -2.03. The number of nitrogens with zero attached hydrogens (tertiary/aromatic N) is 2. The first-order chi connectivity index (χ1) is 9.61. The van der Waals surface area contributed by atoms with Crippen LogP contribution in [0.1, 0.15) is 11.5 Å². The van der Waals surface area contributed by atoms with E-state index in [-0.39, 0.29) is 17.1 Å². The zero-order valence-electron chi connectivity index (χ0n) is 11.0. The molecule has 7 nitrogen and oxygen atoms in total. The van der Waals surface area contributed by atoms with Gasteiger partial charge in [0, 0.05) is 24.0 Å². The van der Waals surface area contributed by atoms with Crippen molar-refractivity contribution in [1.29, 1.82) is 0 Å². The quantitative estimate of drug-likeness (QED) is 0.666. The molecule has 7 heteroatoms. The van der Waals surface area contributed by atoms with E-state index < -0.39 is 4.92 Å². The lowest BCUT2D eigenvalue weighted by Crippen LogP contribution is -1.91. The predicted octanol–water partition coefficient (Wildman–Crippen LogP) is 2.98. The molecule has 0 aliphatic rings. The fraction of sp³-hybridized carbons (Fsp3) is 0.154. The number of nitrogens with one attached hydrogen (secondary N) is 1. The van der Waals surface area contributed by atoms with Gasteiger partial charge in [-0.25, -0.2) is 0 Å². The highest BCUT2D eigenvalue weighted by Crippen LogP contribution is 2.24. The maximum absolute atomic E-state index is 10.9. The summed E-state index contributed by atoms with van der Waals surface area (Å²) in [5.74, 6) is 0.813. The molecule has 0 radical (unpaired) electrons. The van der Waals surface area contributed by atoms with Gasteiger partial charge in [-0.1, -0.05) is 11.2 Å². The minimum Gasteiger partial charge on any atom is -0.497 e. The molecule has 0 saturated heterocycles. The van der Waals surface area contributed by atoms with Crippen LogP contribution < -0.4 is 10.1 Å². The van der Waals surface area contributed by atoms with Gasteiger partial charge in [-0.2, -0.15) is 0 Å². The second-order valence-electron chi connectivity index (χ2n) is 3.95. The third kappa shape index (κ3) is 2.94. The van der Waals surface area contributed by atoms with Crippen molar-refractivity contribution in [2.75, 3.05) is 12.4 Å². The van der Waals surface area contributed by atoms with E-state index in [1.165, 1.54) is 13.0 Å². The van der Waals surface area contributed by atoms with Crippen LogP contribution in [0, 0.1) is 17.0 Å². The number of hydrogen-bond donors (Lipinski definition) is 1. The van der Waals surface area contributed by atoms with Crippen LogP contribution in [0.25, 0.3) is 6.08 Å². The number of methoxy groups -OCH3 is 1. The van der Waals surface area contributed by atoms with Crippen LogP contribution in [0.2, 0.25) is 0 Å². The Morgan fingerprint density at radius 3 is 3.00 bits per heavy atom. The van der Waals surface area contributed by atoms with Gasteiger partial charge in [0.05, 0.1) is 12.0 Å². The van der Waals surface area contributed by atoms with E-state index in [9.17, 15) is 10.1 Å². The molecule has 0 amide bonds. The molecule has 0 saturated carbocycles. The number of anilines is 1. The summed E-state index contributed by atoms with van der Waals surface area (Å²) in [5, 5.41) is 17.4. The third-order valence-electron chi connectivity index (χ3n) is 2.59. The van der Waals surface area contributed by atoms with E-state index in [0.29, 0.717) is 5.75 Å². The molecule has 104 valence electrons. The molecular weight excluding hydrogens is 262 g/mol. The molecular formula is C13H13N3O4. The highest BCUT2D eigenvalue weighted by Gasteiger charge is 2.21. The van der Waals surface area contributed by atoms with Crippen LogP contribution in [-0.2, 0) is 0 Å². The van der Waals surface area contributed by atoms with Gasteiger partial charge in [-0.05, 0) is 19.1 Å². The molecule has 1 aromatic heterocycles. The molecule has 1 aromatic carbocycles. The molecule has 0 fully saturated rings. The summed E-state index contributed by atoms with van der Waals surface area (Å²) in [5.41, 5.74) is 0.907. The fourth-order valence-corrected chi connectivity index (χ4v) is 1.64. The number of nitro groups is 1. The molecule has 0 aliphatic carbocycles. The van der Waals surface area contributed by atoms with Crippen LogP contribution in [0.15, 0.2) is 35.0 Å². The number of hydrogen-bond acceptors (Lipinski definition) is 6. The van der Waals surface area contributed by atoms with Gasteiger partial charge in [0.15, 0.2) is 5.69 Å². The number of rotatable bonds is 5. The van der Waals surface area contributed by atoms with E-state index in [4.69, 9.17) is 9.26 Å². The summed E-state index contributed by atoms with van der Waals surface area (Å²) in [7, 11) is 1.58. The molecule has 0 spiro atoms. The van der Waals surface area contributed by atoms with Crippen LogP contribution in [0.4, 0.5) is 11.4 Å². The molecule has 1 heterocycles. The average molecular weight is 275 g/mol. The summed E-state index contributed by atoms with van der Waals surface area (Å²) in [4.78, 5) is 10.3. The summed E-state index contributed by atoms with van der Waals surface area (Å²) < 4.78 is 9.99. The summed E-state index contributed by atoms with van der Waals surface area (Å²) in [6.45, 7) is 1.52. The Kier molecular flexibility index (Phi) is 3.99. The second kappa shape index (κ2) is 5.87. The number of aryl methyl sites for hydroxylation is 1. The van der Waals surface area contributed by atoms with Crippen molar-refractivity contribution in [2.24, 2.45) is 0 Å². The van der Waals surface area contributed by atoms with Crippen molar-refractivity contribution in [1.82, 2.24) is 5.16 Å². The first-order valence-electron chi connectivity index (χ1n) is 5.79. The molecule has 2 rings (SSSR count). The molecule has 0 aliphatic heterocycles. The van der Waals surface area contributed by atoms with Gasteiger partial charge < -0.3 is 14.6 Å². The molecule has 2 aromatic rings. The van der Waals surface area contributed by atoms with Crippen molar-refractivity contribution in [3.8, 4) is 5.75 Å². The van der Waals surface area contributed by atoms with E-state index in [1.807, 2.05) is 18.2 Å². The maximum atomic E-state index is 10.9. The van der Waals surface area contributed by atoms with Crippen LogP contribution in [0.5, 0.6) is 5.75 Å². The van der Waals surface area contributed by atoms with Crippen molar-refractivity contribution >= 4 is 17.5 Å². The van der Waals surface area contributed by atoms with E-state index >= 15 is 0 Å². The fourth-order valence-electron chi connectivity index (χ4n) is 1.64. The predicted molar refractivity (Wildman–Crippen MR) is 73.5 cm³/mol. The Morgan fingerprint density at radius 2 is 2.30 bits per heavy atom. The lowest BCUT2D eigenvalue weighted by molar-refractivity contribution is -0.386. The first kappa shape index (κ1) is 13.6. The summed E-state index contributed by atoms with van der Waals surface area (Å²) in [6.07, 6.45) is 3.00. The van der Waals surface area contributed by atoms with Crippen LogP contribution in [0.3, 0.4) is 0 Å². The standard InChI is InChI=1S/C13H13N3O4/c1-9-13(16(17)18)12(20-15-9)6-7-14-10-4-3-5-11(8-10)19-2/h3-8,14H,1-2H3/b7-6+. The smallest absolute Gasteiger partial charge is 0.338 e. The third-order valence-corrected chi connectivity index (χ3v) is 2.59. The molecule has 0 unspecified atom stereocenters. The van der Waals surface area contributed by atoms with Crippen molar-refractivity contribution < 1.29 is 14.2 Å². The summed E-state index contributed by atoms with van der Waals surface area (Å²) >= 11 is 0. The Balaban J connectivity index is 2.12. The Hall–Kier alpha value is -2.83. The van der Waals surface area contributed by atoms with Crippen molar-refractivity contribution in [3.63, 3.8) is 0 Å².